The van der Waals surface area contributed by atoms with Gasteiger partial charge in [-0.1, -0.05) is 32.0 Å². The lowest BCUT2D eigenvalue weighted by Gasteiger charge is -2.12. The highest BCUT2D eigenvalue weighted by atomic mass is 32.2. The molecule has 6 nitrogen and oxygen atoms in total. The fraction of sp³-hybridized carbons (Fsp3) is 0.278. The molecule has 140 valence electrons. The Labute approximate surface area is 152 Å². The maximum absolute atomic E-state index is 13.0. The molecule has 0 aliphatic carbocycles. The summed E-state index contributed by atoms with van der Waals surface area (Å²) >= 11 is 0. The van der Waals surface area contributed by atoms with Crippen molar-refractivity contribution in [1.29, 1.82) is 0 Å². The smallest absolute Gasteiger partial charge is 0.272 e. The highest BCUT2D eigenvalue weighted by molar-refractivity contribution is 7.89. The zero-order chi connectivity index (χ0) is 19.2. The molecule has 0 unspecified atom stereocenters. The van der Waals surface area contributed by atoms with Gasteiger partial charge in [-0.15, -0.1) is 4.83 Å². The van der Waals surface area contributed by atoms with E-state index in [1.54, 1.807) is 12.1 Å². The van der Waals surface area contributed by atoms with Crippen LogP contribution in [0, 0.1) is 5.82 Å². The molecule has 0 spiro atoms. The normalized spacial score (nSPS) is 12.4. The molecule has 2 rings (SSSR count). The second-order valence-electron chi connectivity index (χ2n) is 5.78. The van der Waals surface area contributed by atoms with Crippen molar-refractivity contribution < 1.29 is 22.3 Å². The first-order valence-electron chi connectivity index (χ1n) is 8.11. The van der Waals surface area contributed by atoms with Crippen LogP contribution < -0.4 is 15.0 Å². The van der Waals surface area contributed by atoms with Crippen molar-refractivity contribution in [3.05, 3.63) is 59.9 Å². The molecule has 0 saturated heterocycles. The van der Waals surface area contributed by atoms with E-state index < -0.39 is 28.4 Å². The van der Waals surface area contributed by atoms with E-state index in [1.165, 1.54) is 30.3 Å². The minimum absolute atomic E-state index is 0.0379. The van der Waals surface area contributed by atoms with Gasteiger partial charge in [-0.2, -0.15) is 0 Å². The van der Waals surface area contributed by atoms with E-state index in [0.29, 0.717) is 5.92 Å². The third-order valence-electron chi connectivity index (χ3n) is 3.86. The van der Waals surface area contributed by atoms with Crippen LogP contribution in [0.4, 0.5) is 4.39 Å². The topological polar surface area (TPSA) is 84.5 Å². The summed E-state index contributed by atoms with van der Waals surface area (Å²) in [4.78, 5) is 13.7. The first-order valence-corrected chi connectivity index (χ1v) is 9.59. The van der Waals surface area contributed by atoms with Crippen molar-refractivity contribution in [2.24, 2.45) is 0 Å². The number of ether oxygens (including phenoxy) is 1. The Balaban J connectivity index is 1.89. The summed E-state index contributed by atoms with van der Waals surface area (Å²) in [5.41, 5.74) is 3.10. The van der Waals surface area contributed by atoms with Gasteiger partial charge in [0.05, 0.1) is 4.90 Å². The molecule has 0 aromatic heterocycles. The number of halogens is 1. The molecule has 0 aliphatic heterocycles. The van der Waals surface area contributed by atoms with Crippen molar-refractivity contribution in [3.8, 4) is 5.75 Å². The van der Waals surface area contributed by atoms with Gasteiger partial charge in [-0.3, -0.25) is 10.2 Å². The molecule has 0 radical (unpaired) electrons. The van der Waals surface area contributed by atoms with E-state index in [9.17, 15) is 17.6 Å². The number of hydrogen-bond acceptors (Lipinski definition) is 4. The van der Waals surface area contributed by atoms with E-state index in [2.05, 4.69) is 19.3 Å². The van der Waals surface area contributed by atoms with Gasteiger partial charge in [0.1, 0.15) is 11.6 Å². The van der Waals surface area contributed by atoms with Crippen LogP contribution in [0.1, 0.15) is 31.7 Å². The summed E-state index contributed by atoms with van der Waals surface area (Å²) in [5.74, 6) is -0.707. The molecule has 0 fully saturated rings. The van der Waals surface area contributed by atoms with Crippen LogP contribution in [-0.2, 0) is 14.8 Å². The van der Waals surface area contributed by atoms with Crippen LogP contribution in [-0.4, -0.2) is 20.9 Å². The first-order chi connectivity index (χ1) is 12.3. The molecule has 8 heteroatoms. The predicted molar refractivity (Wildman–Crippen MR) is 95.5 cm³/mol. The average molecular weight is 380 g/mol. The second-order valence-corrected chi connectivity index (χ2v) is 7.46. The van der Waals surface area contributed by atoms with Crippen LogP contribution in [0.3, 0.4) is 0 Å². The maximum Gasteiger partial charge on any atom is 0.272 e. The number of hydrazine groups is 1. The SMILES string of the molecule is CC[C@@H](C)c1ccc(S(=O)(=O)NNC(=O)COc2cccc(F)c2)cc1. The van der Waals surface area contributed by atoms with Crippen molar-refractivity contribution in [3.63, 3.8) is 0 Å². The van der Waals surface area contributed by atoms with Gasteiger partial charge < -0.3 is 4.74 Å². The molecule has 2 N–H and O–H groups in total. The number of amides is 1. The molecule has 1 amide bonds. The van der Waals surface area contributed by atoms with Crippen LogP contribution in [0.2, 0.25) is 0 Å². The number of hydrogen-bond donors (Lipinski definition) is 2. The summed E-state index contributed by atoms with van der Waals surface area (Å²) in [5, 5.41) is 0. The Bertz CT molecular complexity index is 854. The Morgan fingerprint density at radius 1 is 1.19 bits per heavy atom. The fourth-order valence-electron chi connectivity index (χ4n) is 2.14. The number of carbonyl (C=O) groups is 1. The van der Waals surface area contributed by atoms with E-state index >= 15 is 0 Å². The third kappa shape index (κ3) is 5.53. The van der Waals surface area contributed by atoms with E-state index in [0.717, 1.165) is 18.1 Å². The Hall–Kier alpha value is -2.45. The number of carbonyl (C=O) groups excluding carboxylic acids is 1. The van der Waals surface area contributed by atoms with Crippen molar-refractivity contribution in [2.45, 2.75) is 31.1 Å². The van der Waals surface area contributed by atoms with E-state index in [4.69, 9.17) is 4.74 Å². The standard InChI is InChI=1S/C18H21FN2O4S/c1-3-13(2)14-7-9-17(10-8-14)26(23,24)21-20-18(22)12-25-16-6-4-5-15(19)11-16/h4-11,13,21H,3,12H2,1-2H3,(H,20,22)/t13-/m1/s1. The van der Waals surface area contributed by atoms with E-state index in [1.807, 2.05) is 4.83 Å². The molecule has 0 bridgehead atoms. The lowest BCUT2D eigenvalue weighted by atomic mass is 9.99. The summed E-state index contributed by atoms with van der Waals surface area (Å²) in [6, 6.07) is 11.8. The number of sulfonamides is 1. The van der Waals surface area contributed by atoms with Crippen LogP contribution in [0.15, 0.2) is 53.4 Å². The molecule has 2 aromatic carbocycles. The van der Waals surface area contributed by atoms with Crippen molar-refractivity contribution in [2.75, 3.05) is 6.61 Å². The monoisotopic (exact) mass is 380 g/mol. The van der Waals surface area contributed by atoms with Gasteiger partial charge in [0, 0.05) is 6.07 Å². The number of rotatable bonds is 8. The Morgan fingerprint density at radius 3 is 2.50 bits per heavy atom. The predicted octanol–water partition coefficient (Wildman–Crippen LogP) is 2.73. The summed E-state index contributed by atoms with van der Waals surface area (Å²) in [7, 11) is -3.89. The average Bonchev–Trinajstić information content (AvgIpc) is 2.64. The van der Waals surface area contributed by atoms with Crippen LogP contribution in [0.25, 0.3) is 0 Å². The first kappa shape index (κ1) is 19.9. The summed E-state index contributed by atoms with van der Waals surface area (Å²) in [6.07, 6.45) is 0.950. The summed E-state index contributed by atoms with van der Waals surface area (Å²) < 4.78 is 42.5. The van der Waals surface area contributed by atoms with Gasteiger partial charge >= 0.3 is 0 Å². The highest BCUT2D eigenvalue weighted by Gasteiger charge is 2.16. The van der Waals surface area contributed by atoms with Gasteiger partial charge in [0.25, 0.3) is 15.9 Å². The van der Waals surface area contributed by atoms with Crippen molar-refractivity contribution in [1.82, 2.24) is 10.3 Å². The molecule has 0 heterocycles. The van der Waals surface area contributed by atoms with Crippen LogP contribution in [0.5, 0.6) is 5.75 Å². The lowest BCUT2D eigenvalue weighted by Crippen LogP contribution is -2.43. The third-order valence-corrected chi connectivity index (χ3v) is 5.13. The number of nitrogens with one attached hydrogen (secondary N) is 2. The van der Waals surface area contributed by atoms with Gasteiger partial charge in [-0.05, 0) is 42.2 Å². The molecule has 1 atom stereocenters. The highest BCUT2D eigenvalue weighted by Crippen LogP contribution is 2.20. The molecular weight excluding hydrogens is 359 g/mol. The zero-order valence-corrected chi connectivity index (χ0v) is 15.3. The minimum Gasteiger partial charge on any atom is -0.484 e. The van der Waals surface area contributed by atoms with E-state index in [-0.39, 0.29) is 10.6 Å². The molecule has 2 aromatic rings. The van der Waals surface area contributed by atoms with Crippen LogP contribution >= 0.6 is 0 Å². The maximum atomic E-state index is 13.0. The molecular formula is C18H21FN2O4S. The quantitative estimate of drug-likeness (QED) is 0.690. The molecule has 26 heavy (non-hydrogen) atoms. The summed E-state index contributed by atoms with van der Waals surface area (Å²) in [6.45, 7) is 3.65. The van der Waals surface area contributed by atoms with Crippen molar-refractivity contribution >= 4 is 15.9 Å². The largest absolute Gasteiger partial charge is 0.484 e. The minimum atomic E-state index is -3.89. The molecule has 0 aliphatic rings. The second kappa shape index (κ2) is 8.77. The van der Waals surface area contributed by atoms with Gasteiger partial charge in [-0.25, -0.2) is 12.8 Å². The van der Waals surface area contributed by atoms with Gasteiger partial charge in [0.2, 0.25) is 0 Å². The Kier molecular flexibility index (Phi) is 6.70. The molecule has 0 saturated carbocycles. The lowest BCUT2D eigenvalue weighted by molar-refractivity contribution is -0.123. The Morgan fingerprint density at radius 2 is 1.88 bits per heavy atom. The fourth-order valence-corrected chi connectivity index (χ4v) is 3.00. The zero-order valence-electron chi connectivity index (χ0n) is 14.5. The van der Waals surface area contributed by atoms with Gasteiger partial charge in [0.15, 0.2) is 6.61 Å². The number of benzene rings is 2.